The molecular weight excluding hydrogens is 338 g/mol. The highest BCUT2D eigenvalue weighted by molar-refractivity contribution is 7.92. The Bertz CT molecular complexity index is 757. The van der Waals surface area contributed by atoms with Crippen LogP contribution in [-0.4, -0.2) is 47.1 Å². The van der Waals surface area contributed by atoms with Gasteiger partial charge in [-0.2, -0.15) is 0 Å². The number of hydrogen-bond acceptors (Lipinski definition) is 5. The lowest BCUT2D eigenvalue weighted by molar-refractivity contribution is 0.340. The quantitative estimate of drug-likeness (QED) is 0.717. The first-order valence-electron chi connectivity index (χ1n) is 8.15. The van der Waals surface area contributed by atoms with Crippen molar-refractivity contribution < 1.29 is 13.2 Å². The summed E-state index contributed by atoms with van der Waals surface area (Å²) < 4.78 is 32.8. The first kappa shape index (κ1) is 19.1. The van der Waals surface area contributed by atoms with Gasteiger partial charge in [-0.25, -0.2) is 8.42 Å². The number of nitrogens with zero attached hydrogens (tertiary/aromatic N) is 1. The molecule has 136 valence electrons. The molecule has 0 aliphatic carbocycles. The van der Waals surface area contributed by atoms with Crippen LogP contribution in [0.15, 0.2) is 53.4 Å². The Balaban J connectivity index is 2.00. The third-order valence-corrected chi connectivity index (χ3v) is 4.87. The molecule has 0 bridgehead atoms. The maximum atomic E-state index is 12.4. The van der Waals surface area contributed by atoms with Crippen molar-refractivity contribution in [3.8, 4) is 5.75 Å². The summed E-state index contributed by atoms with van der Waals surface area (Å²) >= 11 is 0. The van der Waals surface area contributed by atoms with Gasteiger partial charge in [0, 0.05) is 24.5 Å². The minimum Gasteiger partial charge on any atom is -0.494 e. The summed E-state index contributed by atoms with van der Waals surface area (Å²) in [6.45, 7) is 4.17. The van der Waals surface area contributed by atoms with Gasteiger partial charge in [0.1, 0.15) is 5.75 Å². The van der Waals surface area contributed by atoms with Crippen LogP contribution in [0.1, 0.15) is 6.92 Å². The van der Waals surface area contributed by atoms with Crippen molar-refractivity contribution in [1.82, 2.24) is 4.90 Å². The van der Waals surface area contributed by atoms with Crippen molar-refractivity contribution in [1.29, 1.82) is 0 Å². The molecule has 0 amide bonds. The fourth-order valence-corrected chi connectivity index (χ4v) is 3.23. The molecule has 0 aliphatic rings. The maximum absolute atomic E-state index is 12.4. The van der Waals surface area contributed by atoms with Crippen molar-refractivity contribution in [3.05, 3.63) is 48.5 Å². The third kappa shape index (κ3) is 5.95. The number of sulfonamides is 1. The standard InChI is InChI=1S/C18H25N3O3S/c1-4-24-17-9-11-18(12-10-17)25(22,23)20-16-7-5-15(6-8-16)19-13-14-21(2)3/h5-12,19-20H,4,13-14H2,1-3H3. The van der Waals surface area contributed by atoms with Gasteiger partial charge in [0.15, 0.2) is 0 Å². The molecule has 0 heterocycles. The van der Waals surface area contributed by atoms with E-state index in [0.717, 1.165) is 18.8 Å². The highest BCUT2D eigenvalue weighted by Crippen LogP contribution is 2.20. The first-order chi connectivity index (χ1) is 11.9. The summed E-state index contributed by atoms with van der Waals surface area (Å²) in [6.07, 6.45) is 0. The van der Waals surface area contributed by atoms with Crippen molar-refractivity contribution in [2.75, 3.05) is 43.8 Å². The summed E-state index contributed by atoms with van der Waals surface area (Å²) in [5, 5.41) is 3.28. The average Bonchev–Trinajstić information content (AvgIpc) is 2.57. The molecule has 2 rings (SSSR count). The third-order valence-electron chi connectivity index (χ3n) is 3.47. The lowest BCUT2D eigenvalue weighted by atomic mass is 10.3. The van der Waals surface area contributed by atoms with Crippen molar-refractivity contribution >= 4 is 21.4 Å². The van der Waals surface area contributed by atoms with Crippen molar-refractivity contribution in [2.24, 2.45) is 0 Å². The molecule has 7 heteroatoms. The van der Waals surface area contributed by atoms with Gasteiger partial charge in [-0.05, 0) is 69.6 Å². The topological polar surface area (TPSA) is 70.7 Å². The zero-order valence-corrected chi connectivity index (χ0v) is 15.6. The number of likely N-dealkylation sites (N-methyl/N-ethyl adjacent to an activating group) is 1. The molecule has 0 saturated carbocycles. The Kier molecular flexibility index (Phi) is 6.66. The molecular formula is C18H25N3O3S. The summed E-state index contributed by atoms with van der Waals surface area (Å²) in [5.74, 6) is 0.648. The fourth-order valence-electron chi connectivity index (χ4n) is 2.18. The SMILES string of the molecule is CCOc1ccc(S(=O)(=O)Nc2ccc(NCCN(C)C)cc2)cc1. The van der Waals surface area contributed by atoms with Gasteiger partial charge in [0.25, 0.3) is 10.0 Å². The Hall–Kier alpha value is -2.25. The first-order valence-corrected chi connectivity index (χ1v) is 9.63. The zero-order valence-electron chi connectivity index (χ0n) is 14.8. The van der Waals surface area contributed by atoms with Gasteiger partial charge >= 0.3 is 0 Å². The molecule has 2 aromatic rings. The predicted molar refractivity (Wildman–Crippen MR) is 102 cm³/mol. The van der Waals surface area contributed by atoms with Gasteiger partial charge in [-0.15, -0.1) is 0 Å². The summed E-state index contributed by atoms with van der Waals surface area (Å²) in [6, 6.07) is 13.5. The van der Waals surface area contributed by atoms with E-state index >= 15 is 0 Å². The average molecular weight is 363 g/mol. The molecule has 2 N–H and O–H groups in total. The highest BCUT2D eigenvalue weighted by atomic mass is 32.2. The Labute approximate surface area is 149 Å². The van der Waals surface area contributed by atoms with Crippen LogP contribution in [0.3, 0.4) is 0 Å². The van der Waals surface area contributed by atoms with Crippen LogP contribution in [-0.2, 0) is 10.0 Å². The second kappa shape index (κ2) is 8.73. The van der Waals surface area contributed by atoms with Gasteiger partial charge in [-0.3, -0.25) is 4.72 Å². The molecule has 0 atom stereocenters. The number of anilines is 2. The smallest absolute Gasteiger partial charge is 0.261 e. The Morgan fingerprint density at radius 3 is 2.12 bits per heavy atom. The summed E-state index contributed by atoms with van der Waals surface area (Å²) in [7, 11) is 0.410. The van der Waals surface area contributed by atoms with E-state index < -0.39 is 10.0 Å². The highest BCUT2D eigenvalue weighted by Gasteiger charge is 2.14. The van der Waals surface area contributed by atoms with E-state index in [1.54, 1.807) is 24.3 Å². The van der Waals surface area contributed by atoms with Crippen molar-refractivity contribution in [2.45, 2.75) is 11.8 Å². The number of hydrogen-bond donors (Lipinski definition) is 2. The normalized spacial score (nSPS) is 11.4. The van der Waals surface area contributed by atoms with Gasteiger partial charge in [-0.1, -0.05) is 0 Å². The zero-order chi connectivity index (χ0) is 18.3. The summed E-state index contributed by atoms with van der Waals surface area (Å²) in [4.78, 5) is 2.29. The van der Waals surface area contributed by atoms with Crippen LogP contribution in [0.2, 0.25) is 0 Å². The molecule has 0 saturated heterocycles. The lowest BCUT2D eigenvalue weighted by Crippen LogP contribution is -2.20. The monoisotopic (exact) mass is 363 g/mol. The van der Waals surface area contributed by atoms with Crippen LogP contribution < -0.4 is 14.8 Å². The second-order valence-corrected chi connectivity index (χ2v) is 7.50. The molecule has 0 unspecified atom stereocenters. The minimum atomic E-state index is -3.62. The number of benzene rings is 2. The van der Waals surface area contributed by atoms with E-state index in [0.29, 0.717) is 18.0 Å². The van der Waals surface area contributed by atoms with E-state index in [1.807, 2.05) is 33.2 Å². The van der Waals surface area contributed by atoms with E-state index in [2.05, 4.69) is 14.9 Å². The van der Waals surface area contributed by atoms with Crippen LogP contribution in [0.4, 0.5) is 11.4 Å². The largest absolute Gasteiger partial charge is 0.494 e. The lowest BCUT2D eigenvalue weighted by Gasteiger charge is -2.12. The Morgan fingerprint density at radius 2 is 1.56 bits per heavy atom. The van der Waals surface area contributed by atoms with Crippen LogP contribution >= 0.6 is 0 Å². The number of rotatable bonds is 9. The van der Waals surface area contributed by atoms with E-state index in [9.17, 15) is 8.42 Å². The fraction of sp³-hybridized carbons (Fsp3) is 0.333. The van der Waals surface area contributed by atoms with E-state index in [-0.39, 0.29) is 4.90 Å². The maximum Gasteiger partial charge on any atom is 0.261 e. The van der Waals surface area contributed by atoms with Crippen LogP contribution in [0, 0.1) is 0 Å². The van der Waals surface area contributed by atoms with Gasteiger partial charge < -0.3 is 15.0 Å². The molecule has 6 nitrogen and oxygen atoms in total. The molecule has 0 aliphatic heterocycles. The summed E-state index contributed by atoms with van der Waals surface area (Å²) in [5.41, 5.74) is 1.47. The minimum absolute atomic E-state index is 0.198. The van der Waals surface area contributed by atoms with E-state index in [4.69, 9.17) is 4.74 Å². The van der Waals surface area contributed by atoms with Gasteiger partial charge in [0.05, 0.1) is 11.5 Å². The molecule has 0 fully saturated rings. The van der Waals surface area contributed by atoms with Crippen LogP contribution in [0.25, 0.3) is 0 Å². The van der Waals surface area contributed by atoms with E-state index in [1.165, 1.54) is 12.1 Å². The molecule has 0 radical (unpaired) electrons. The van der Waals surface area contributed by atoms with Crippen LogP contribution in [0.5, 0.6) is 5.75 Å². The second-order valence-electron chi connectivity index (χ2n) is 5.82. The Morgan fingerprint density at radius 1 is 0.960 bits per heavy atom. The number of nitrogens with one attached hydrogen (secondary N) is 2. The molecule has 25 heavy (non-hydrogen) atoms. The number of ether oxygens (including phenoxy) is 1. The van der Waals surface area contributed by atoms with Gasteiger partial charge in [0.2, 0.25) is 0 Å². The molecule has 0 aromatic heterocycles. The molecule has 2 aromatic carbocycles. The molecule has 0 spiro atoms. The predicted octanol–water partition coefficient (Wildman–Crippen LogP) is 2.86. The van der Waals surface area contributed by atoms with Crippen molar-refractivity contribution in [3.63, 3.8) is 0 Å².